The number of hydrogen-bond acceptors (Lipinski definition) is 23. The number of nitrogens with one attached hydrogen (secondary N) is 25. The van der Waals surface area contributed by atoms with E-state index in [0.29, 0.717) is 39.4 Å². The molecule has 0 aliphatic heterocycles. The van der Waals surface area contributed by atoms with Crippen LogP contribution in [0.15, 0.2) is 91.4 Å². The molecule has 141 heavy (non-hydrogen) atoms. The number of carboxylic acids is 2. The van der Waals surface area contributed by atoms with Gasteiger partial charge in [-0.3, -0.25) is 93.6 Å². The molecular formula is C91H139N31O19. The van der Waals surface area contributed by atoms with Gasteiger partial charge in [0.1, 0.15) is 78.5 Å². The molecule has 3 heterocycles. The average molecular weight is 1970 g/mol. The summed E-state index contributed by atoms with van der Waals surface area (Å²) in [6.07, 6.45) is 1.23. The summed E-state index contributed by atoms with van der Waals surface area (Å²) in [6, 6.07) is -0.231. The van der Waals surface area contributed by atoms with Crippen LogP contribution in [0.25, 0.3) is 32.7 Å². The van der Waals surface area contributed by atoms with Crippen molar-refractivity contribution in [3.63, 3.8) is 0 Å². The fourth-order valence-corrected chi connectivity index (χ4v) is 15.3. The number of aliphatic carboxylic acids is 2. The molecule has 0 unspecified atom stereocenters. The number of unbranched alkanes of at least 4 members (excludes halogenated alkanes) is 1. The summed E-state index contributed by atoms with van der Waals surface area (Å²) in [6.45, 7) is 9.92. The summed E-state index contributed by atoms with van der Waals surface area (Å²) in [5.41, 5.74) is 38.3. The van der Waals surface area contributed by atoms with Crippen molar-refractivity contribution in [2.75, 3.05) is 39.3 Å². The van der Waals surface area contributed by atoms with E-state index < -0.39 is 216 Å². The average Bonchev–Trinajstić information content (AvgIpc) is 1.66. The monoisotopic (exact) mass is 1970 g/mol. The molecule has 3 aromatic heterocycles. The molecule has 50 heteroatoms. The molecule has 0 radical (unpaired) electrons. The van der Waals surface area contributed by atoms with E-state index in [4.69, 9.17) is 56.0 Å². The Hall–Kier alpha value is -15.2. The summed E-state index contributed by atoms with van der Waals surface area (Å²) in [5.74, 6) is -19.0. The van der Waals surface area contributed by atoms with Crippen molar-refractivity contribution in [1.82, 2.24) is 111 Å². The van der Waals surface area contributed by atoms with Crippen LogP contribution in [0.5, 0.6) is 0 Å². The van der Waals surface area contributed by atoms with Gasteiger partial charge < -0.3 is 160 Å². The van der Waals surface area contributed by atoms with Crippen LogP contribution in [0, 0.1) is 33.5 Å². The van der Waals surface area contributed by atoms with Crippen molar-refractivity contribution < 1.29 is 92.0 Å². The van der Waals surface area contributed by atoms with Gasteiger partial charge in [-0.05, 0) is 164 Å². The molecule has 6 rings (SSSR count). The standard InChI is InChI=1S/C91H139N31O19/c1-46(2)36-66(77(130)109-45-71(124)112-67(37-47(3)4)82(135)111-48(5)74(127)117-65(87(140)141)30-19-35-105-91(100)101)120-80(133)61(26-14-15-31-92)114-84(137)70(41-72(125)126)118-75(128)49(6)110-78(131)62(27-16-32-102-88(94)95)115-83(136)68(39-52-43-107-59-24-12-9-21-55(52)59)121-81(134)63(28-17-33-103-89(96)97)113-79(132)64(29-18-34-104-90(98)99)116-86(139)73(50(7)123)122-85(138)69(40-53-44-108-60-25-13-10-22-56(53)60)119-76(129)57(93)38-51-42-106-58-23-11-8-20-54(51)58/h8-13,20-25,42-44,46-50,57,61-70,73,106-108,123H,14-19,26-41,45,92-93H2,1-7H3,(H,109,130)(H,110,131)(H,111,135)(H,112,124)(H,113,132)(H,114,137)(H,115,136)(H,116,139)(H,117,127)(H,118,128)(H,119,129)(H,120,133)(H,121,134)(H,122,138)(H,125,126)(H,140,141)(H4,94,95,102)(H4,96,97,103)(H4,98,99,104)(H4,100,101,105)/t48-,49-,50+,57-,61-,62-,63-,64-,65-,66-,67-,68-,69-,70-,73-/m0/s1. The normalized spacial score (nSPS) is 14.4. The molecule has 0 aliphatic carbocycles. The number of guanidine groups is 4. The number of hydrogen-bond donors (Lipinski definition) is 34. The molecule has 0 saturated heterocycles. The number of carbonyl (C=O) groups is 16. The molecule has 40 N–H and O–H groups in total. The number of benzene rings is 3. The van der Waals surface area contributed by atoms with Crippen LogP contribution < -0.4 is 130 Å². The highest BCUT2D eigenvalue weighted by atomic mass is 16.4. The lowest BCUT2D eigenvalue weighted by Gasteiger charge is -2.29. The van der Waals surface area contributed by atoms with Gasteiger partial charge in [-0.1, -0.05) is 82.3 Å². The topological polar surface area (TPSA) is 849 Å². The maximum absolute atomic E-state index is 15.3. The van der Waals surface area contributed by atoms with Crippen LogP contribution in [-0.2, 0) is 96.0 Å². The molecule has 14 amide bonds. The minimum Gasteiger partial charge on any atom is -0.481 e. The number of aliphatic hydroxyl groups is 1. The smallest absolute Gasteiger partial charge is 0.326 e. The van der Waals surface area contributed by atoms with E-state index in [1.807, 2.05) is 24.3 Å². The number of fused-ring (bicyclic) bond motifs is 3. The Kier molecular flexibility index (Phi) is 47.0. The van der Waals surface area contributed by atoms with E-state index in [9.17, 15) is 77.6 Å². The van der Waals surface area contributed by atoms with Crippen molar-refractivity contribution in [2.45, 2.75) is 248 Å². The van der Waals surface area contributed by atoms with Gasteiger partial charge in [-0.25, -0.2) is 4.79 Å². The Morgan fingerprint density at radius 2 is 0.652 bits per heavy atom. The van der Waals surface area contributed by atoms with Crippen LogP contribution in [0.2, 0.25) is 0 Å². The first-order valence-corrected chi connectivity index (χ1v) is 46.6. The van der Waals surface area contributed by atoms with E-state index in [2.05, 4.69) is 111 Å². The molecule has 0 fully saturated rings. The summed E-state index contributed by atoms with van der Waals surface area (Å²) in [5, 5.41) is 110. The summed E-state index contributed by atoms with van der Waals surface area (Å²) in [4.78, 5) is 236. The van der Waals surface area contributed by atoms with Crippen molar-refractivity contribution in [2.24, 2.45) is 46.2 Å². The van der Waals surface area contributed by atoms with E-state index in [1.165, 1.54) is 13.8 Å². The number of aliphatic hydroxyl groups excluding tert-OH is 1. The zero-order valence-electron chi connectivity index (χ0n) is 80.1. The van der Waals surface area contributed by atoms with Gasteiger partial charge in [-0.15, -0.1) is 0 Å². The Bertz CT molecular complexity index is 5330. The predicted octanol–water partition coefficient (Wildman–Crippen LogP) is -4.84. The molecule has 0 saturated carbocycles. The Morgan fingerprint density at radius 3 is 1.04 bits per heavy atom. The third kappa shape index (κ3) is 39.3. The van der Waals surface area contributed by atoms with Crippen molar-refractivity contribution in [1.29, 1.82) is 21.6 Å². The Balaban J connectivity index is 1.22. The molecular weight excluding hydrogens is 1830 g/mol. The van der Waals surface area contributed by atoms with Crippen molar-refractivity contribution >= 4 is 151 Å². The van der Waals surface area contributed by atoms with Gasteiger partial charge in [0.25, 0.3) is 0 Å². The number of carbonyl (C=O) groups excluding carboxylic acids is 14. The van der Waals surface area contributed by atoms with Gasteiger partial charge in [0.15, 0.2) is 23.8 Å². The van der Waals surface area contributed by atoms with Crippen LogP contribution >= 0.6 is 0 Å². The first-order chi connectivity index (χ1) is 66.8. The quantitative estimate of drug-likeness (QED) is 0.00967. The van der Waals surface area contributed by atoms with Crippen LogP contribution in [-0.4, -0.2) is 279 Å². The third-order valence-electron chi connectivity index (χ3n) is 22.6. The van der Waals surface area contributed by atoms with Crippen molar-refractivity contribution in [3.05, 3.63) is 108 Å². The molecule has 0 bridgehead atoms. The number of H-pyrrole nitrogens is 3. The first-order valence-electron chi connectivity index (χ1n) is 46.6. The third-order valence-corrected chi connectivity index (χ3v) is 22.6. The Labute approximate surface area is 813 Å². The molecule has 6 aromatic rings. The highest BCUT2D eigenvalue weighted by Gasteiger charge is 2.39. The number of nitrogens with two attached hydrogens (primary N) is 6. The molecule has 15 atom stereocenters. The maximum Gasteiger partial charge on any atom is 0.326 e. The van der Waals surface area contributed by atoms with Gasteiger partial charge in [0.05, 0.1) is 25.1 Å². The second-order valence-electron chi connectivity index (χ2n) is 35.3. The zero-order valence-corrected chi connectivity index (χ0v) is 80.1. The largest absolute Gasteiger partial charge is 0.481 e. The summed E-state index contributed by atoms with van der Waals surface area (Å²) < 4.78 is 0. The number of carboxylic acid groups (broad SMARTS) is 2. The lowest BCUT2D eigenvalue weighted by molar-refractivity contribution is -0.142. The van der Waals surface area contributed by atoms with E-state index in [0.717, 1.165) is 23.4 Å². The van der Waals surface area contributed by atoms with Gasteiger partial charge in [0.2, 0.25) is 82.7 Å². The zero-order chi connectivity index (χ0) is 104. The SMILES string of the molecule is CC(C)C[C@H](NC(=O)CNC(=O)[C@H](CC(C)C)NC(=O)[C@H](CCCCN)NC(=O)[C@H](CC(=O)O)NC(=O)[C@H](C)NC(=O)[C@H](CCCNC(=N)N)NC(=O)[C@H](Cc1c[nH]c2ccccc12)NC(=O)[C@H](CCCNC(=N)N)NC(=O)[C@H](CCCNC(=N)N)NC(=O)[C@@H](NC(=O)[C@H](Cc1c[nH]c2ccccc12)NC(=O)[C@@H](N)Cc1c[nH]c2ccccc12)[C@@H](C)O)C(=O)N[C@@H](C)C(=O)N[C@@H](CCCNC(=N)N)C(=O)O. The minimum atomic E-state index is -1.99. The number of aromatic amines is 3. The second kappa shape index (κ2) is 57.8. The number of aromatic nitrogens is 3. The van der Waals surface area contributed by atoms with E-state index in [1.54, 1.807) is 94.8 Å². The van der Waals surface area contributed by atoms with Gasteiger partial charge in [0, 0.05) is 90.3 Å². The minimum absolute atomic E-state index is 0.00406. The fraction of sp³-hybridized carbons (Fsp3) is 0.516. The Morgan fingerprint density at radius 1 is 0.340 bits per heavy atom. The lowest BCUT2D eigenvalue weighted by Crippen LogP contribution is -2.62. The molecule has 50 nitrogen and oxygen atoms in total. The molecule has 0 aliphatic rings. The summed E-state index contributed by atoms with van der Waals surface area (Å²) >= 11 is 0. The van der Waals surface area contributed by atoms with Crippen LogP contribution in [0.3, 0.4) is 0 Å². The second-order valence-corrected chi connectivity index (χ2v) is 35.3. The summed E-state index contributed by atoms with van der Waals surface area (Å²) in [7, 11) is 0. The van der Waals surface area contributed by atoms with Crippen LogP contribution in [0.1, 0.15) is 155 Å². The van der Waals surface area contributed by atoms with Gasteiger partial charge in [-0.2, -0.15) is 0 Å². The number of rotatable bonds is 62. The lowest BCUT2D eigenvalue weighted by atomic mass is 10.0. The first kappa shape index (κ1) is 114. The van der Waals surface area contributed by atoms with Crippen LogP contribution in [0.4, 0.5) is 0 Å². The maximum atomic E-state index is 15.3. The fourth-order valence-electron chi connectivity index (χ4n) is 15.3. The van der Waals surface area contributed by atoms with Crippen molar-refractivity contribution in [3.8, 4) is 0 Å². The van der Waals surface area contributed by atoms with E-state index in [-0.39, 0.29) is 147 Å². The molecule has 3 aromatic carbocycles. The highest BCUT2D eigenvalue weighted by Crippen LogP contribution is 2.24. The highest BCUT2D eigenvalue weighted by molar-refractivity contribution is 6.02. The molecule has 0 spiro atoms. The molecule has 772 valence electrons. The van der Waals surface area contributed by atoms with Gasteiger partial charge >= 0.3 is 11.9 Å². The number of para-hydroxylation sites is 3. The number of amides is 14. The predicted molar refractivity (Wildman–Crippen MR) is 523 cm³/mol. The van der Waals surface area contributed by atoms with E-state index >= 15 is 14.4 Å².